The number of imidazole rings is 1. The van der Waals surface area contributed by atoms with Crippen LogP contribution in [-0.4, -0.2) is 33.3 Å². The Kier molecular flexibility index (Phi) is 4.36. The molecule has 4 nitrogen and oxygen atoms in total. The average Bonchev–Trinajstić information content (AvgIpc) is 2.90. The Hall–Kier alpha value is -0.870. The van der Waals surface area contributed by atoms with Gasteiger partial charge in [0.2, 0.25) is 0 Å². The highest BCUT2D eigenvalue weighted by Crippen LogP contribution is 2.18. The Morgan fingerprint density at radius 3 is 3.00 bits per heavy atom. The van der Waals surface area contributed by atoms with E-state index in [0.717, 1.165) is 45.2 Å². The molecule has 4 heteroatoms. The summed E-state index contributed by atoms with van der Waals surface area (Å²) < 4.78 is 2.10. The maximum Gasteiger partial charge on any atom is 0.0945 e. The lowest BCUT2D eigenvalue weighted by Crippen LogP contribution is -2.36. The second kappa shape index (κ2) is 6.01. The van der Waals surface area contributed by atoms with Crippen LogP contribution in [0, 0.1) is 0 Å². The van der Waals surface area contributed by atoms with E-state index in [0.29, 0.717) is 6.04 Å². The molecule has 1 saturated carbocycles. The van der Waals surface area contributed by atoms with E-state index < -0.39 is 0 Å². The van der Waals surface area contributed by atoms with Crippen LogP contribution in [-0.2, 0) is 6.54 Å². The van der Waals surface area contributed by atoms with Gasteiger partial charge in [-0.05, 0) is 38.6 Å². The molecule has 1 aromatic heterocycles. The maximum absolute atomic E-state index is 9.62. The predicted molar refractivity (Wildman–Crippen MR) is 63.1 cm³/mol. The number of nitrogens with one attached hydrogen (secondary N) is 1. The lowest BCUT2D eigenvalue weighted by Gasteiger charge is -2.16. The van der Waals surface area contributed by atoms with E-state index in [1.165, 1.54) is 0 Å². The molecule has 1 aliphatic rings. The number of hydrogen-bond acceptors (Lipinski definition) is 3. The van der Waals surface area contributed by atoms with Crippen LogP contribution >= 0.6 is 0 Å². The van der Waals surface area contributed by atoms with Gasteiger partial charge in [-0.25, -0.2) is 4.98 Å². The molecule has 0 amide bonds. The molecule has 0 unspecified atom stereocenters. The van der Waals surface area contributed by atoms with Gasteiger partial charge in [0.15, 0.2) is 0 Å². The van der Waals surface area contributed by atoms with E-state index in [-0.39, 0.29) is 6.10 Å². The van der Waals surface area contributed by atoms with E-state index in [1.54, 1.807) is 0 Å². The van der Waals surface area contributed by atoms with Crippen molar-refractivity contribution in [3.05, 3.63) is 18.7 Å². The zero-order valence-corrected chi connectivity index (χ0v) is 9.68. The summed E-state index contributed by atoms with van der Waals surface area (Å²) in [6.45, 7) is 2.05. The van der Waals surface area contributed by atoms with E-state index in [9.17, 15) is 5.11 Å². The van der Waals surface area contributed by atoms with Crippen molar-refractivity contribution >= 4 is 0 Å². The van der Waals surface area contributed by atoms with Crippen LogP contribution in [0.25, 0.3) is 0 Å². The van der Waals surface area contributed by atoms with Gasteiger partial charge in [0, 0.05) is 25.0 Å². The Bertz CT molecular complexity index is 286. The molecule has 1 aromatic rings. The van der Waals surface area contributed by atoms with Crippen molar-refractivity contribution in [2.75, 3.05) is 6.54 Å². The molecule has 0 aromatic carbocycles. The minimum Gasteiger partial charge on any atom is -0.392 e. The first-order valence-electron chi connectivity index (χ1n) is 6.23. The van der Waals surface area contributed by atoms with E-state index in [2.05, 4.69) is 14.9 Å². The van der Waals surface area contributed by atoms with Crippen LogP contribution in [0.4, 0.5) is 0 Å². The van der Waals surface area contributed by atoms with Crippen molar-refractivity contribution in [1.82, 2.24) is 14.9 Å². The molecule has 2 rings (SSSR count). The molecular formula is C12H21N3O. The first kappa shape index (κ1) is 11.6. The zero-order valence-electron chi connectivity index (χ0n) is 9.68. The third-order valence-electron chi connectivity index (χ3n) is 3.29. The molecule has 16 heavy (non-hydrogen) atoms. The van der Waals surface area contributed by atoms with Crippen molar-refractivity contribution in [3.8, 4) is 0 Å². The summed E-state index contributed by atoms with van der Waals surface area (Å²) in [5.74, 6) is 0. The zero-order chi connectivity index (χ0) is 11.2. The van der Waals surface area contributed by atoms with E-state index in [1.807, 2.05) is 18.7 Å². The fourth-order valence-electron chi connectivity index (χ4n) is 2.30. The van der Waals surface area contributed by atoms with Crippen LogP contribution < -0.4 is 5.32 Å². The minimum absolute atomic E-state index is 0.117. The summed E-state index contributed by atoms with van der Waals surface area (Å²) in [6.07, 6.45) is 11.1. The summed E-state index contributed by atoms with van der Waals surface area (Å²) in [7, 11) is 0. The standard InChI is InChI=1S/C12H21N3O/c16-12-5-3-4-11(12)14-6-1-2-8-15-9-7-13-10-15/h7,9-12,14,16H,1-6,8H2/t11-,12-/m1/s1. The molecule has 0 radical (unpaired) electrons. The van der Waals surface area contributed by atoms with Gasteiger partial charge in [-0.1, -0.05) is 0 Å². The minimum atomic E-state index is -0.117. The monoisotopic (exact) mass is 223 g/mol. The van der Waals surface area contributed by atoms with Gasteiger partial charge in [-0.2, -0.15) is 0 Å². The normalized spacial score (nSPS) is 25.1. The molecule has 90 valence electrons. The predicted octanol–water partition coefficient (Wildman–Crippen LogP) is 1.17. The van der Waals surface area contributed by atoms with Gasteiger partial charge in [-0.3, -0.25) is 0 Å². The molecule has 0 aliphatic heterocycles. The molecule has 0 bridgehead atoms. The van der Waals surface area contributed by atoms with Crippen LogP contribution in [0.5, 0.6) is 0 Å². The lowest BCUT2D eigenvalue weighted by atomic mass is 10.2. The number of aryl methyl sites for hydroxylation is 1. The first-order chi connectivity index (χ1) is 7.86. The van der Waals surface area contributed by atoms with E-state index in [4.69, 9.17) is 0 Å². The quantitative estimate of drug-likeness (QED) is 0.712. The second-order valence-corrected chi connectivity index (χ2v) is 4.57. The van der Waals surface area contributed by atoms with Crippen molar-refractivity contribution < 1.29 is 5.11 Å². The summed E-state index contributed by atoms with van der Waals surface area (Å²) >= 11 is 0. The lowest BCUT2D eigenvalue weighted by molar-refractivity contribution is 0.149. The average molecular weight is 223 g/mol. The number of aliphatic hydroxyl groups is 1. The number of aliphatic hydroxyl groups excluding tert-OH is 1. The first-order valence-corrected chi connectivity index (χ1v) is 6.23. The summed E-state index contributed by atoms with van der Waals surface area (Å²) in [5, 5.41) is 13.1. The maximum atomic E-state index is 9.62. The summed E-state index contributed by atoms with van der Waals surface area (Å²) in [6, 6.07) is 0.341. The van der Waals surface area contributed by atoms with Gasteiger partial charge in [0.05, 0.1) is 12.4 Å². The Morgan fingerprint density at radius 2 is 2.31 bits per heavy atom. The molecule has 2 atom stereocenters. The third-order valence-corrected chi connectivity index (χ3v) is 3.29. The Morgan fingerprint density at radius 1 is 1.38 bits per heavy atom. The number of nitrogens with zero attached hydrogens (tertiary/aromatic N) is 2. The smallest absolute Gasteiger partial charge is 0.0945 e. The van der Waals surface area contributed by atoms with Gasteiger partial charge >= 0.3 is 0 Å². The highest BCUT2D eigenvalue weighted by Gasteiger charge is 2.23. The molecular weight excluding hydrogens is 202 g/mol. The van der Waals surface area contributed by atoms with Gasteiger partial charge in [0.25, 0.3) is 0 Å². The third kappa shape index (κ3) is 3.32. The molecule has 1 heterocycles. The highest BCUT2D eigenvalue weighted by atomic mass is 16.3. The number of rotatable bonds is 6. The Balaban J connectivity index is 1.52. The van der Waals surface area contributed by atoms with Crippen molar-refractivity contribution in [2.45, 2.75) is 50.8 Å². The summed E-state index contributed by atoms with van der Waals surface area (Å²) in [5.41, 5.74) is 0. The van der Waals surface area contributed by atoms with Crippen LogP contribution in [0.1, 0.15) is 32.1 Å². The van der Waals surface area contributed by atoms with Gasteiger partial charge in [0.1, 0.15) is 0 Å². The number of aromatic nitrogens is 2. The summed E-state index contributed by atoms with van der Waals surface area (Å²) in [4.78, 5) is 4.01. The number of hydrogen-bond donors (Lipinski definition) is 2. The second-order valence-electron chi connectivity index (χ2n) is 4.57. The van der Waals surface area contributed by atoms with Gasteiger partial charge in [-0.15, -0.1) is 0 Å². The molecule has 1 fully saturated rings. The topological polar surface area (TPSA) is 50.1 Å². The number of unbranched alkanes of at least 4 members (excludes halogenated alkanes) is 1. The molecule has 0 saturated heterocycles. The largest absolute Gasteiger partial charge is 0.392 e. The van der Waals surface area contributed by atoms with Crippen LogP contribution in [0.15, 0.2) is 18.7 Å². The SMILES string of the molecule is O[C@@H]1CCC[C@H]1NCCCCn1ccnc1. The van der Waals surface area contributed by atoms with Crippen LogP contribution in [0.2, 0.25) is 0 Å². The fraction of sp³-hybridized carbons (Fsp3) is 0.750. The molecule has 1 aliphatic carbocycles. The van der Waals surface area contributed by atoms with Crippen LogP contribution in [0.3, 0.4) is 0 Å². The van der Waals surface area contributed by atoms with Crippen molar-refractivity contribution in [3.63, 3.8) is 0 Å². The van der Waals surface area contributed by atoms with Crippen molar-refractivity contribution in [1.29, 1.82) is 0 Å². The van der Waals surface area contributed by atoms with Crippen molar-refractivity contribution in [2.24, 2.45) is 0 Å². The molecule has 2 N–H and O–H groups in total. The highest BCUT2D eigenvalue weighted by molar-refractivity contribution is 4.82. The Labute approximate surface area is 96.7 Å². The fourth-order valence-corrected chi connectivity index (χ4v) is 2.30. The van der Waals surface area contributed by atoms with E-state index >= 15 is 0 Å². The van der Waals surface area contributed by atoms with Gasteiger partial charge < -0.3 is 15.0 Å². The molecule has 0 spiro atoms.